The summed E-state index contributed by atoms with van der Waals surface area (Å²) in [6.07, 6.45) is 5.30. The average Bonchev–Trinajstić information content (AvgIpc) is 3.05. The number of nitrogens with zero attached hydrogens (tertiary/aromatic N) is 2. The highest BCUT2D eigenvalue weighted by atomic mass is 35.5. The predicted octanol–water partition coefficient (Wildman–Crippen LogP) is 4.09. The lowest BCUT2D eigenvalue weighted by Gasteiger charge is -2.38. The van der Waals surface area contributed by atoms with Crippen LogP contribution in [0, 0.1) is 0 Å². The molecular weight excluding hydrogens is 321 g/mol. The van der Waals surface area contributed by atoms with Gasteiger partial charge in [0.25, 0.3) is 0 Å². The second kappa shape index (κ2) is 7.07. The van der Waals surface area contributed by atoms with Crippen molar-refractivity contribution in [2.45, 2.75) is 31.7 Å². The van der Waals surface area contributed by atoms with E-state index in [4.69, 9.17) is 23.2 Å². The lowest BCUT2D eigenvalue weighted by molar-refractivity contribution is 0.115. The Morgan fingerprint density at radius 1 is 1.05 bits per heavy atom. The van der Waals surface area contributed by atoms with Gasteiger partial charge in [0.05, 0.1) is 15.7 Å². The number of piperazine rings is 1. The standard InChI is InChI=1S/C16H21Cl2N3O/c17-13-6-3-7-14(18)15(13)19-16(22)21-10-8-20(9-11-21)12-4-1-2-5-12/h3,6-7,12H,1-2,4-5,8-11H2,(H,19,22). The van der Waals surface area contributed by atoms with E-state index in [1.54, 1.807) is 18.2 Å². The van der Waals surface area contributed by atoms with Gasteiger partial charge < -0.3 is 10.2 Å². The SMILES string of the molecule is O=C(Nc1c(Cl)cccc1Cl)N1CCN(C2CCCC2)CC1. The number of para-hydroxylation sites is 1. The molecule has 0 unspecified atom stereocenters. The van der Waals surface area contributed by atoms with Crippen molar-refractivity contribution in [3.8, 4) is 0 Å². The van der Waals surface area contributed by atoms with Crippen LogP contribution in [-0.4, -0.2) is 48.1 Å². The van der Waals surface area contributed by atoms with Crippen LogP contribution in [0.2, 0.25) is 10.0 Å². The molecular formula is C16H21Cl2N3O. The van der Waals surface area contributed by atoms with Gasteiger partial charge in [-0.25, -0.2) is 4.79 Å². The zero-order valence-electron chi connectivity index (χ0n) is 12.5. The minimum Gasteiger partial charge on any atom is -0.322 e. The van der Waals surface area contributed by atoms with Gasteiger partial charge in [-0.15, -0.1) is 0 Å². The van der Waals surface area contributed by atoms with E-state index in [0.717, 1.165) is 32.2 Å². The monoisotopic (exact) mass is 341 g/mol. The molecule has 1 aromatic rings. The maximum absolute atomic E-state index is 12.4. The maximum atomic E-state index is 12.4. The van der Waals surface area contributed by atoms with Gasteiger partial charge in [0.1, 0.15) is 0 Å². The van der Waals surface area contributed by atoms with Crippen LogP contribution in [0.1, 0.15) is 25.7 Å². The Morgan fingerprint density at radius 3 is 2.23 bits per heavy atom. The smallest absolute Gasteiger partial charge is 0.322 e. The summed E-state index contributed by atoms with van der Waals surface area (Å²) >= 11 is 12.2. The molecule has 120 valence electrons. The zero-order chi connectivity index (χ0) is 15.5. The average molecular weight is 342 g/mol. The number of amides is 2. The summed E-state index contributed by atoms with van der Waals surface area (Å²) in [5.74, 6) is 0. The van der Waals surface area contributed by atoms with Gasteiger partial charge in [-0.3, -0.25) is 4.90 Å². The Balaban J connectivity index is 1.55. The zero-order valence-corrected chi connectivity index (χ0v) is 14.0. The van der Waals surface area contributed by atoms with Crippen molar-refractivity contribution < 1.29 is 4.79 Å². The third kappa shape index (κ3) is 3.50. The summed E-state index contributed by atoms with van der Waals surface area (Å²) in [7, 11) is 0. The number of benzene rings is 1. The van der Waals surface area contributed by atoms with E-state index < -0.39 is 0 Å². The lowest BCUT2D eigenvalue weighted by Crippen LogP contribution is -2.52. The Morgan fingerprint density at radius 2 is 1.64 bits per heavy atom. The van der Waals surface area contributed by atoms with E-state index in [-0.39, 0.29) is 6.03 Å². The fraction of sp³-hybridized carbons (Fsp3) is 0.562. The number of anilines is 1. The van der Waals surface area contributed by atoms with Gasteiger partial charge in [0.2, 0.25) is 0 Å². The number of carbonyl (C=O) groups is 1. The summed E-state index contributed by atoms with van der Waals surface area (Å²) in [5, 5.41) is 3.76. The van der Waals surface area contributed by atoms with Crippen LogP contribution in [0.25, 0.3) is 0 Å². The molecule has 1 N–H and O–H groups in total. The minimum atomic E-state index is -0.124. The fourth-order valence-corrected chi connectivity index (χ4v) is 3.85. The number of hydrogen-bond donors (Lipinski definition) is 1. The quantitative estimate of drug-likeness (QED) is 0.879. The van der Waals surface area contributed by atoms with Crippen LogP contribution in [0.15, 0.2) is 18.2 Å². The summed E-state index contributed by atoms with van der Waals surface area (Å²) in [4.78, 5) is 16.7. The molecule has 2 aliphatic rings. The Kier molecular flexibility index (Phi) is 5.11. The summed E-state index contributed by atoms with van der Waals surface area (Å²) in [6.45, 7) is 3.41. The van der Waals surface area contributed by atoms with E-state index in [9.17, 15) is 4.79 Å². The maximum Gasteiger partial charge on any atom is 0.322 e. The van der Waals surface area contributed by atoms with Gasteiger partial charge >= 0.3 is 6.03 Å². The molecule has 4 nitrogen and oxygen atoms in total. The highest BCUT2D eigenvalue weighted by molar-refractivity contribution is 6.39. The molecule has 1 aliphatic carbocycles. The number of carbonyl (C=O) groups excluding carboxylic acids is 1. The van der Waals surface area contributed by atoms with E-state index in [2.05, 4.69) is 10.2 Å². The highest BCUT2D eigenvalue weighted by Gasteiger charge is 2.28. The molecule has 0 bridgehead atoms. The Hall–Kier alpha value is -0.970. The first-order valence-corrected chi connectivity index (χ1v) is 8.65. The molecule has 0 radical (unpaired) electrons. The number of urea groups is 1. The van der Waals surface area contributed by atoms with Crippen molar-refractivity contribution in [3.63, 3.8) is 0 Å². The molecule has 1 aromatic carbocycles. The van der Waals surface area contributed by atoms with Crippen molar-refractivity contribution in [2.24, 2.45) is 0 Å². The van der Waals surface area contributed by atoms with E-state index >= 15 is 0 Å². The topological polar surface area (TPSA) is 35.6 Å². The molecule has 6 heteroatoms. The summed E-state index contributed by atoms with van der Waals surface area (Å²) < 4.78 is 0. The second-order valence-corrected chi connectivity index (χ2v) is 6.80. The molecule has 22 heavy (non-hydrogen) atoms. The fourth-order valence-electron chi connectivity index (χ4n) is 3.36. The van der Waals surface area contributed by atoms with Gasteiger partial charge in [-0.05, 0) is 25.0 Å². The third-order valence-corrected chi connectivity index (χ3v) is 5.27. The minimum absolute atomic E-state index is 0.124. The number of nitrogens with one attached hydrogen (secondary N) is 1. The first-order valence-electron chi connectivity index (χ1n) is 7.89. The van der Waals surface area contributed by atoms with E-state index in [0.29, 0.717) is 15.7 Å². The van der Waals surface area contributed by atoms with Gasteiger partial charge in [-0.1, -0.05) is 42.1 Å². The molecule has 0 aromatic heterocycles. The largest absolute Gasteiger partial charge is 0.322 e. The van der Waals surface area contributed by atoms with Gasteiger partial charge in [0.15, 0.2) is 0 Å². The van der Waals surface area contributed by atoms with Crippen molar-refractivity contribution in [1.82, 2.24) is 9.80 Å². The van der Waals surface area contributed by atoms with Gasteiger partial charge in [-0.2, -0.15) is 0 Å². The summed E-state index contributed by atoms with van der Waals surface area (Å²) in [5.41, 5.74) is 0.494. The Labute approximate surface area is 141 Å². The van der Waals surface area contributed by atoms with Crippen molar-refractivity contribution in [2.75, 3.05) is 31.5 Å². The van der Waals surface area contributed by atoms with Crippen LogP contribution < -0.4 is 5.32 Å². The first-order chi connectivity index (χ1) is 10.6. The normalized spacial score (nSPS) is 20.4. The molecule has 1 heterocycles. The van der Waals surface area contributed by atoms with Gasteiger partial charge in [0, 0.05) is 32.2 Å². The van der Waals surface area contributed by atoms with Crippen molar-refractivity contribution in [1.29, 1.82) is 0 Å². The molecule has 2 fully saturated rings. The third-order valence-electron chi connectivity index (χ3n) is 4.64. The van der Waals surface area contributed by atoms with Crippen LogP contribution in [0.4, 0.5) is 10.5 Å². The predicted molar refractivity (Wildman–Crippen MR) is 90.9 cm³/mol. The van der Waals surface area contributed by atoms with Crippen molar-refractivity contribution >= 4 is 34.9 Å². The molecule has 3 rings (SSSR count). The molecule has 2 amide bonds. The molecule has 0 atom stereocenters. The van der Waals surface area contributed by atoms with E-state index in [1.807, 2.05) is 4.90 Å². The van der Waals surface area contributed by atoms with Crippen LogP contribution >= 0.6 is 23.2 Å². The van der Waals surface area contributed by atoms with Crippen molar-refractivity contribution in [3.05, 3.63) is 28.2 Å². The Bertz CT molecular complexity index is 518. The second-order valence-electron chi connectivity index (χ2n) is 5.99. The summed E-state index contributed by atoms with van der Waals surface area (Å²) in [6, 6.07) is 5.81. The molecule has 1 saturated carbocycles. The molecule has 0 spiro atoms. The number of hydrogen-bond acceptors (Lipinski definition) is 2. The van der Waals surface area contributed by atoms with Crippen LogP contribution in [0.5, 0.6) is 0 Å². The van der Waals surface area contributed by atoms with Crippen LogP contribution in [-0.2, 0) is 0 Å². The van der Waals surface area contributed by atoms with Crippen LogP contribution in [0.3, 0.4) is 0 Å². The lowest BCUT2D eigenvalue weighted by atomic mass is 10.2. The molecule has 1 saturated heterocycles. The first kappa shape index (κ1) is 15.9. The highest BCUT2D eigenvalue weighted by Crippen LogP contribution is 2.30. The molecule has 1 aliphatic heterocycles. The van der Waals surface area contributed by atoms with E-state index in [1.165, 1.54) is 25.7 Å². The number of rotatable bonds is 2. The number of halogens is 2.